The van der Waals surface area contributed by atoms with Gasteiger partial charge in [0.05, 0.1) is 24.9 Å². The van der Waals surface area contributed by atoms with Gasteiger partial charge in [-0.2, -0.15) is 0 Å². The summed E-state index contributed by atoms with van der Waals surface area (Å²) in [5.74, 6) is 2.02. The molecule has 7 heteroatoms. The van der Waals surface area contributed by atoms with E-state index in [1.54, 1.807) is 38.5 Å². The molecule has 1 N–H and O–H groups in total. The number of sulfone groups is 1. The number of benzene rings is 2. The van der Waals surface area contributed by atoms with E-state index in [0.717, 1.165) is 37.2 Å². The van der Waals surface area contributed by atoms with Crippen LogP contribution in [0.2, 0.25) is 0 Å². The van der Waals surface area contributed by atoms with E-state index >= 15 is 0 Å². The van der Waals surface area contributed by atoms with Crippen LogP contribution in [0.25, 0.3) is 10.9 Å². The fraction of sp³-hybridized carbons (Fsp3) is 0.391. The molecule has 1 fully saturated rings. The smallest absolute Gasteiger partial charge is 0.179 e. The zero-order valence-corrected chi connectivity index (χ0v) is 18.2. The van der Waals surface area contributed by atoms with Crippen molar-refractivity contribution >= 4 is 20.7 Å². The number of ether oxygens (including phenoxy) is 2. The van der Waals surface area contributed by atoms with Gasteiger partial charge in [-0.05, 0) is 73.8 Å². The average molecular weight is 429 g/mol. The van der Waals surface area contributed by atoms with Crippen LogP contribution < -0.4 is 9.47 Å². The zero-order chi connectivity index (χ0) is 21.1. The second kappa shape index (κ2) is 8.70. The van der Waals surface area contributed by atoms with Crippen molar-refractivity contribution in [3.63, 3.8) is 0 Å². The van der Waals surface area contributed by atoms with Gasteiger partial charge in [0.15, 0.2) is 9.84 Å². The van der Waals surface area contributed by atoms with E-state index in [0.29, 0.717) is 23.1 Å². The van der Waals surface area contributed by atoms with Crippen LogP contribution in [0.3, 0.4) is 0 Å². The standard InChI is InChI=1S/C23H28N2O4S/c1-28-18-4-3-5-20(14-18)30(26,27)13-12-25-10-8-17(9-11-25)22-16-24-23-7-6-19(29-2)15-21(22)23/h3-7,14-17,24H,8-13H2,1-2H3. The van der Waals surface area contributed by atoms with Crippen LogP contribution in [0, 0.1) is 0 Å². The fourth-order valence-electron chi connectivity index (χ4n) is 4.22. The van der Waals surface area contributed by atoms with E-state index in [9.17, 15) is 8.42 Å². The highest BCUT2D eigenvalue weighted by Gasteiger charge is 2.24. The Labute approximate surface area is 177 Å². The van der Waals surface area contributed by atoms with Gasteiger partial charge < -0.3 is 19.4 Å². The number of fused-ring (bicyclic) bond motifs is 1. The largest absolute Gasteiger partial charge is 0.497 e. The number of nitrogens with one attached hydrogen (secondary N) is 1. The fourth-order valence-corrected chi connectivity index (χ4v) is 5.53. The molecular formula is C23H28N2O4S. The molecule has 6 nitrogen and oxygen atoms in total. The van der Waals surface area contributed by atoms with Crippen LogP contribution in [-0.4, -0.2) is 57.9 Å². The van der Waals surface area contributed by atoms with Crippen molar-refractivity contribution < 1.29 is 17.9 Å². The second-order valence-electron chi connectivity index (χ2n) is 7.77. The van der Waals surface area contributed by atoms with Crippen LogP contribution in [-0.2, 0) is 9.84 Å². The number of likely N-dealkylation sites (tertiary alicyclic amines) is 1. The Balaban J connectivity index is 1.37. The lowest BCUT2D eigenvalue weighted by atomic mass is 9.89. The predicted octanol–water partition coefficient (Wildman–Crippen LogP) is 3.84. The third-order valence-electron chi connectivity index (χ3n) is 6.02. The van der Waals surface area contributed by atoms with E-state index in [-0.39, 0.29) is 5.75 Å². The molecule has 0 bridgehead atoms. The quantitative estimate of drug-likeness (QED) is 0.619. The Morgan fingerprint density at radius 1 is 1.03 bits per heavy atom. The van der Waals surface area contributed by atoms with Gasteiger partial charge in [-0.25, -0.2) is 8.42 Å². The Morgan fingerprint density at radius 3 is 2.50 bits per heavy atom. The number of rotatable bonds is 7. The molecular weight excluding hydrogens is 400 g/mol. The molecule has 1 aromatic heterocycles. The van der Waals surface area contributed by atoms with Crippen molar-refractivity contribution in [3.8, 4) is 11.5 Å². The van der Waals surface area contributed by atoms with Crippen LogP contribution in [0.15, 0.2) is 53.6 Å². The summed E-state index contributed by atoms with van der Waals surface area (Å²) in [6, 6.07) is 12.8. The second-order valence-corrected chi connectivity index (χ2v) is 9.88. The predicted molar refractivity (Wildman–Crippen MR) is 118 cm³/mol. The SMILES string of the molecule is COc1cccc(S(=O)(=O)CCN2CCC(c3c[nH]c4ccc(OC)cc34)CC2)c1. The highest BCUT2D eigenvalue weighted by Crippen LogP contribution is 2.34. The number of aromatic nitrogens is 1. The van der Waals surface area contributed by atoms with Crippen molar-refractivity contribution in [2.24, 2.45) is 0 Å². The first-order valence-electron chi connectivity index (χ1n) is 10.2. The summed E-state index contributed by atoms with van der Waals surface area (Å²) >= 11 is 0. The molecule has 1 saturated heterocycles. The maximum absolute atomic E-state index is 12.7. The normalized spacial score (nSPS) is 16.1. The van der Waals surface area contributed by atoms with Gasteiger partial charge in [-0.1, -0.05) is 6.07 Å². The zero-order valence-electron chi connectivity index (χ0n) is 17.4. The third kappa shape index (κ3) is 4.32. The monoisotopic (exact) mass is 428 g/mol. The summed E-state index contributed by atoms with van der Waals surface area (Å²) < 4.78 is 35.9. The lowest BCUT2D eigenvalue weighted by molar-refractivity contribution is 0.223. The minimum atomic E-state index is -3.33. The van der Waals surface area contributed by atoms with Crippen molar-refractivity contribution in [2.75, 3.05) is 39.6 Å². The molecule has 0 atom stereocenters. The molecule has 3 aromatic rings. The van der Waals surface area contributed by atoms with E-state index in [1.165, 1.54) is 10.9 Å². The number of methoxy groups -OCH3 is 2. The number of H-pyrrole nitrogens is 1. The minimum absolute atomic E-state index is 0.120. The molecule has 2 aromatic carbocycles. The molecule has 4 rings (SSSR count). The third-order valence-corrected chi connectivity index (χ3v) is 7.72. The van der Waals surface area contributed by atoms with Gasteiger partial charge in [-0.3, -0.25) is 0 Å². The highest BCUT2D eigenvalue weighted by atomic mass is 32.2. The van der Waals surface area contributed by atoms with Crippen LogP contribution in [0.1, 0.15) is 24.3 Å². The Hall–Kier alpha value is -2.51. The summed E-state index contributed by atoms with van der Waals surface area (Å²) in [6.07, 6.45) is 4.14. The Bertz CT molecular complexity index is 1120. The number of aromatic amines is 1. The molecule has 1 aliphatic rings. The van der Waals surface area contributed by atoms with Gasteiger partial charge in [0.1, 0.15) is 11.5 Å². The number of nitrogens with zero attached hydrogens (tertiary/aromatic N) is 1. The summed E-state index contributed by atoms with van der Waals surface area (Å²) in [6.45, 7) is 2.35. The maximum atomic E-state index is 12.7. The lowest BCUT2D eigenvalue weighted by Crippen LogP contribution is -2.36. The summed E-state index contributed by atoms with van der Waals surface area (Å²) in [4.78, 5) is 5.94. The molecule has 0 saturated carbocycles. The van der Waals surface area contributed by atoms with Crippen molar-refractivity contribution in [1.82, 2.24) is 9.88 Å². The minimum Gasteiger partial charge on any atom is -0.497 e. The molecule has 1 aliphatic heterocycles. The lowest BCUT2D eigenvalue weighted by Gasteiger charge is -2.31. The summed E-state index contributed by atoms with van der Waals surface area (Å²) in [5.41, 5.74) is 2.45. The first kappa shape index (κ1) is 20.8. The molecule has 30 heavy (non-hydrogen) atoms. The maximum Gasteiger partial charge on any atom is 0.179 e. The first-order chi connectivity index (χ1) is 14.5. The average Bonchev–Trinajstić information content (AvgIpc) is 3.21. The van der Waals surface area contributed by atoms with E-state index < -0.39 is 9.84 Å². The Kier molecular flexibility index (Phi) is 6.01. The van der Waals surface area contributed by atoms with Gasteiger partial charge in [0, 0.05) is 23.6 Å². The van der Waals surface area contributed by atoms with E-state index in [4.69, 9.17) is 9.47 Å². The molecule has 0 spiro atoms. The van der Waals surface area contributed by atoms with Crippen LogP contribution in [0.5, 0.6) is 11.5 Å². The number of hydrogen-bond donors (Lipinski definition) is 1. The number of hydrogen-bond acceptors (Lipinski definition) is 5. The molecule has 2 heterocycles. The van der Waals surface area contributed by atoms with E-state index in [1.807, 2.05) is 6.07 Å². The number of piperidine rings is 1. The highest BCUT2D eigenvalue weighted by molar-refractivity contribution is 7.91. The van der Waals surface area contributed by atoms with Crippen molar-refractivity contribution in [1.29, 1.82) is 0 Å². The topological polar surface area (TPSA) is 71.6 Å². The molecule has 0 amide bonds. The first-order valence-corrected chi connectivity index (χ1v) is 11.9. The van der Waals surface area contributed by atoms with Crippen molar-refractivity contribution in [3.05, 3.63) is 54.2 Å². The van der Waals surface area contributed by atoms with Gasteiger partial charge in [0.25, 0.3) is 0 Å². The molecule has 0 radical (unpaired) electrons. The molecule has 0 unspecified atom stereocenters. The van der Waals surface area contributed by atoms with E-state index in [2.05, 4.69) is 28.2 Å². The van der Waals surface area contributed by atoms with Gasteiger partial charge in [0.2, 0.25) is 0 Å². The van der Waals surface area contributed by atoms with Gasteiger partial charge >= 0.3 is 0 Å². The van der Waals surface area contributed by atoms with Crippen LogP contribution >= 0.6 is 0 Å². The molecule has 0 aliphatic carbocycles. The van der Waals surface area contributed by atoms with Crippen LogP contribution in [0.4, 0.5) is 0 Å². The Morgan fingerprint density at radius 2 is 1.77 bits per heavy atom. The summed E-state index contributed by atoms with van der Waals surface area (Å²) in [7, 11) is -0.0987. The van der Waals surface area contributed by atoms with Crippen molar-refractivity contribution in [2.45, 2.75) is 23.7 Å². The summed E-state index contributed by atoms with van der Waals surface area (Å²) in [5, 5.41) is 1.22. The van der Waals surface area contributed by atoms with Gasteiger partial charge in [-0.15, -0.1) is 0 Å². The molecule has 160 valence electrons.